The molecule has 28 heavy (non-hydrogen) atoms. The topological polar surface area (TPSA) is 69.7 Å². The zero-order valence-electron chi connectivity index (χ0n) is 17.2. The van der Waals surface area contributed by atoms with E-state index >= 15 is 0 Å². The molecule has 0 saturated carbocycles. The second-order valence-electron chi connectivity index (χ2n) is 8.50. The first-order valence-corrected chi connectivity index (χ1v) is 11.9. The van der Waals surface area contributed by atoms with Crippen LogP contribution >= 0.6 is 0 Å². The molecule has 0 bridgehead atoms. The third kappa shape index (κ3) is 4.93. The summed E-state index contributed by atoms with van der Waals surface area (Å²) in [6.45, 7) is 8.50. The minimum Gasteiger partial charge on any atom is -0.325 e. The molecule has 0 radical (unpaired) electrons. The molecule has 156 valence electrons. The van der Waals surface area contributed by atoms with Crippen molar-refractivity contribution >= 4 is 21.6 Å². The van der Waals surface area contributed by atoms with Crippen LogP contribution in [0.3, 0.4) is 0 Å². The van der Waals surface area contributed by atoms with E-state index in [4.69, 9.17) is 0 Å². The molecular weight excluding hydrogens is 374 g/mol. The maximum Gasteiger partial charge on any atom is 0.243 e. The lowest BCUT2D eigenvalue weighted by Gasteiger charge is -2.37. The van der Waals surface area contributed by atoms with E-state index in [1.165, 1.54) is 0 Å². The summed E-state index contributed by atoms with van der Waals surface area (Å²) in [6, 6.07) is 6.59. The molecule has 1 amide bonds. The van der Waals surface area contributed by atoms with Crippen LogP contribution in [0.1, 0.15) is 52.9 Å². The van der Waals surface area contributed by atoms with Crippen molar-refractivity contribution < 1.29 is 13.2 Å². The van der Waals surface area contributed by atoms with Gasteiger partial charge in [0, 0.05) is 17.8 Å². The van der Waals surface area contributed by atoms with Crippen molar-refractivity contribution in [3.63, 3.8) is 0 Å². The van der Waals surface area contributed by atoms with Gasteiger partial charge < -0.3 is 5.32 Å². The highest BCUT2D eigenvalue weighted by Crippen LogP contribution is 2.30. The summed E-state index contributed by atoms with van der Waals surface area (Å²) in [6.07, 6.45) is 5.12. The average molecular weight is 408 g/mol. The molecule has 1 N–H and O–H groups in total. The minimum absolute atomic E-state index is 0.0143. The number of rotatable bonds is 5. The molecule has 0 spiro atoms. The van der Waals surface area contributed by atoms with E-state index in [1.807, 2.05) is 13.8 Å². The molecule has 2 fully saturated rings. The van der Waals surface area contributed by atoms with Crippen LogP contribution in [-0.2, 0) is 14.8 Å². The molecular formula is C21H33N3O3S. The van der Waals surface area contributed by atoms with Crippen LogP contribution in [0.4, 0.5) is 5.69 Å². The Labute approximate surface area is 169 Å². The Morgan fingerprint density at radius 1 is 1.00 bits per heavy atom. The number of benzene rings is 1. The van der Waals surface area contributed by atoms with E-state index in [9.17, 15) is 13.2 Å². The van der Waals surface area contributed by atoms with E-state index in [2.05, 4.69) is 17.1 Å². The van der Waals surface area contributed by atoms with Crippen molar-refractivity contribution in [2.75, 3.05) is 25.0 Å². The second kappa shape index (κ2) is 8.93. The summed E-state index contributed by atoms with van der Waals surface area (Å²) < 4.78 is 27.8. The normalized spacial score (nSPS) is 25.5. The third-order valence-corrected chi connectivity index (χ3v) is 8.21. The molecule has 2 aliphatic rings. The van der Waals surface area contributed by atoms with Gasteiger partial charge in [-0.05, 0) is 82.8 Å². The number of nitrogens with zero attached hydrogens (tertiary/aromatic N) is 2. The van der Waals surface area contributed by atoms with Gasteiger partial charge in [-0.15, -0.1) is 0 Å². The van der Waals surface area contributed by atoms with Gasteiger partial charge in [-0.3, -0.25) is 9.69 Å². The van der Waals surface area contributed by atoms with Crippen LogP contribution in [0.25, 0.3) is 0 Å². The standard InChI is InChI=1S/C21H33N3O3S/c1-16-11-13-23(14-12-16)15-21(25)22-19-7-9-20(10-8-19)28(26,27)24-17(2)5-4-6-18(24)3/h7-10,16-18H,4-6,11-15H2,1-3H3,(H,22,25)/t17-,18-/m0/s1. The van der Waals surface area contributed by atoms with E-state index in [0.29, 0.717) is 12.2 Å². The lowest BCUT2D eigenvalue weighted by atomic mass is 9.99. The largest absolute Gasteiger partial charge is 0.325 e. The molecule has 0 aromatic heterocycles. The number of anilines is 1. The van der Waals surface area contributed by atoms with Gasteiger partial charge in [0.25, 0.3) is 0 Å². The van der Waals surface area contributed by atoms with Gasteiger partial charge in [-0.25, -0.2) is 8.42 Å². The summed E-state index contributed by atoms with van der Waals surface area (Å²) in [4.78, 5) is 14.8. The smallest absolute Gasteiger partial charge is 0.243 e. The van der Waals surface area contributed by atoms with Crippen LogP contribution in [0.5, 0.6) is 0 Å². The van der Waals surface area contributed by atoms with Crippen molar-refractivity contribution in [1.82, 2.24) is 9.21 Å². The zero-order valence-corrected chi connectivity index (χ0v) is 18.0. The lowest BCUT2D eigenvalue weighted by molar-refractivity contribution is -0.117. The minimum atomic E-state index is -3.52. The van der Waals surface area contributed by atoms with E-state index in [-0.39, 0.29) is 22.9 Å². The molecule has 0 aliphatic carbocycles. The van der Waals surface area contributed by atoms with Crippen LogP contribution in [0.15, 0.2) is 29.2 Å². The Hall–Kier alpha value is -1.44. The fraction of sp³-hybridized carbons (Fsp3) is 0.667. The van der Waals surface area contributed by atoms with Crippen molar-refractivity contribution in [2.24, 2.45) is 5.92 Å². The van der Waals surface area contributed by atoms with Crippen LogP contribution in [-0.4, -0.2) is 55.2 Å². The summed E-state index contributed by atoms with van der Waals surface area (Å²) in [5, 5.41) is 2.89. The molecule has 7 heteroatoms. The van der Waals surface area contributed by atoms with Crippen LogP contribution in [0, 0.1) is 5.92 Å². The Kier molecular flexibility index (Phi) is 6.78. The highest BCUT2D eigenvalue weighted by atomic mass is 32.2. The van der Waals surface area contributed by atoms with Gasteiger partial charge in [-0.1, -0.05) is 13.3 Å². The maximum absolute atomic E-state index is 13.1. The predicted molar refractivity (Wildman–Crippen MR) is 112 cm³/mol. The quantitative estimate of drug-likeness (QED) is 0.813. The summed E-state index contributed by atoms with van der Waals surface area (Å²) in [5.41, 5.74) is 0.633. The molecule has 2 heterocycles. The number of hydrogen-bond donors (Lipinski definition) is 1. The molecule has 2 atom stereocenters. The summed E-state index contributed by atoms with van der Waals surface area (Å²) in [7, 11) is -3.52. The number of likely N-dealkylation sites (tertiary alicyclic amines) is 1. The number of sulfonamides is 1. The number of carbonyl (C=O) groups is 1. The van der Waals surface area contributed by atoms with Crippen LogP contribution < -0.4 is 5.32 Å². The Bertz CT molecular complexity index is 761. The average Bonchev–Trinajstić information content (AvgIpc) is 2.64. The zero-order chi connectivity index (χ0) is 20.3. The van der Waals surface area contributed by atoms with Gasteiger partial charge >= 0.3 is 0 Å². The fourth-order valence-corrected chi connectivity index (χ4v) is 6.21. The van der Waals surface area contributed by atoms with Crippen molar-refractivity contribution in [3.05, 3.63) is 24.3 Å². The van der Waals surface area contributed by atoms with Crippen molar-refractivity contribution in [2.45, 2.75) is 69.9 Å². The van der Waals surface area contributed by atoms with Crippen molar-refractivity contribution in [3.8, 4) is 0 Å². The first-order chi connectivity index (χ1) is 13.3. The monoisotopic (exact) mass is 407 g/mol. The molecule has 3 rings (SSSR count). The number of hydrogen-bond acceptors (Lipinski definition) is 4. The third-order valence-electron chi connectivity index (χ3n) is 6.07. The molecule has 2 aliphatic heterocycles. The van der Waals surface area contributed by atoms with E-state index in [1.54, 1.807) is 28.6 Å². The highest BCUT2D eigenvalue weighted by Gasteiger charge is 2.35. The molecule has 1 aromatic carbocycles. The van der Waals surface area contributed by atoms with Crippen molar-refractivity contribution in [1.29, 1.82) is 0 Å². The second-order valence-corrected chi connectivity index (χ2v) is 10.3. The molecule has 6 nitrogen and oxygen atoms in total. The number of nitrogens with one attached hydrogen (secondary N) is 1. The Balaban J connectivity index is 1.62. The van der Waals surface area contributed by atoms with Gasteiger partial charge in [0.05, 0.1) is 11.4 Å². The Morgan fingerprint density at radius 2 is 1.57 bits per heavy atom. The Morgan fingerprint density at radius 3 is 2.14 bits per heavy atom. The van der Waals surface area contributed by atoms with E-state index < -0.39 is 10.0 Å². The SMILES string of the molecule is CC1CCN(CC(=O)Nc2ccc(S(=O)(=O)N3[C@@H](C)CCC[C@@H]3C)cc2)CC1. The molecule has 1 aromatic rings. The number of amides is 1. The maximum atomic E-state index is 13.1. The highest BCUT2D eigenvalue weighted by molar-refractivity contribution is 7.89. The predicted octanol–water partition coefficient (Wildman–Crippen LogP) is 3.31. The van der Waals surface area contributed by atoms with Crippen LogP contribution in [0.2, 0.25) is 0 Å². The van der Waals surface area contributed by atoms with Gasteiger partial charge in [0.2, 0.25) is 15.9 Å². The summed E-state index contributed by atoms with van der Waals surface area (Å²) in [5.74, 6) is 0.683. The number of piperidine rings is 2. The summed E-state index contributed by atoms with van der Waals surface area (Å²) >= 11 is 0. The first kappa shape index (κ1) is 21.3. The lowest BCUT2D eigenvalue weighted by Crippen LogP contribution is -2.47. The first-order valence-electron chi connectivity index (χ1n) is 10.4. The molecule has 2 saturated heterocycles. The van der Waals surface area contributed by atoms with Gasteiger partial charge in [0.15, 0.2) is 0 Å². The number of carbonyl (C=O) groups excluding carboxylic acids is 1. The van der Waals surface area contributed by atoms with Gasteiger partial charge in [-0.2, -0.15) is 4.31 Å². The fourth-order valence-electron chi connectivity index (χ4n) is 4.33. The van der Waals surface area contributed by atoms with Gasteiger partial charge in [0.1, 0.15) is 0 Å². The molecule has 0 unspecified atom stereocenters. The van der Waals surface area contributed by atoms with E-state index in [0.717, 1.165) is 51.1 Å².